The Morgan fingerprint density at radius 2 is 1.47 bits per heavy atom. The number of hydrogen-bond acceptors (Lipinski definition) is 4. The minimum Gasteiger partial charge on any atom is -0.493 e. The Hall–Kier alpha value is -1.39. The summed E-state index contributed by atoms with van der Waals surface area (Å²) >= 11 is 11.4. The molecule has 30 heavy (non-hydrogen) atoms. The molecule has 0 saturated carbocycles. The van der Waals surface area contributed by atoms with Crippen LogP contribution in [0.25, 0.3) is 0 Å². The zero-order valence-corrected chi connectivity index (χ0v) is 20.8. The van der Waals surface area contributed by atoms with Gasteiger partial charge in [0, 0.05) is 11.1 Å². The zero-order chi connectivity index (χ0) is 22.5. The molecule has 0 saturated heterocycles. The van der Waals surface area contributed by atoms with Crippen LogP contribution in [0.4, 0.5) is 0 Å². The van der Waals surface area contributed by atoms with Crippen LogP contribution in [-0.2, 0) is 4.84 Å². The van der Waals surface area contributed by atoms with Crippen LogP contribution in [0.2, 0.25) is 0 Å². The number of ether oxygens (including phenoxy) is 2. The van der Waals surface area contributed by atoms with Gasteiger partial charge in [0.2, 0.25) is 0 Å². The third-order valence-electron chi connectivity index (χ3n) is 4.48. The molecule has 0 atom stereocenters. The summed E-state index contributed by atoms with van der Waals surface area (Å²) in [6.07, 6.45) is 5.89. The summed E-state index contributed by atoms with van der Waals surface area (Å²) < 4.78 is 12.3. The predicted molar refractivity (Wildman–Crippen MR) is 129 cm³/mol. The van der Waals surface area contributed by atoms with Crippen molar-refractivity contribution in [1.29, 1.82) is 0 Å². The van der Waals surface area contributed by atoms with Crippen LogP contribution in [-0.4, -0.2) is 25.5 Å². The number of unbranched alkanes of at least 4 members (excludes halogenated alkanes) is 3. The molecule has 0 aromatic heterocycles. The molecule has 0 unspecified atom stereocenters. The minimum atomic E-state index is 0.211. The van der Waals surface area contributed by atoms with Crippen molar-refractivity contribution in [2.24, 2.45) is 5.16 Å². The van der Waals surface area contributed by atoms with Gasteiger partial charge in [-0.3, -0.25) is 0 Å². The summed E-state index contributed by atoms with van der Waals surface area (Å²) in [7, 11) is 0. The molecule has 0 spiro atoms. The maximum Gasteiger partial charge on any atom is 0.126 e. The Balaban J connectivity index is 2.68. The second-order valence-corrected chi connectivity index (χ2v) is 9.19. The van der Waals surface area contributed by atoms with Crippen molar-refractivity contribution in [2.45, 2.75) is 79.1 Å². The van der Waals surface area contributed by atoms with E-state index in [0.29, 0.717) is 31.7 Å². The van der Waals surface area contributed by atoms with Crippen LogP contribution in [0.1, 0.15) is 90.2 Å². The van der Waals surface area contributed by atoms with Crippen molar-refractivity contribution >= 4 is 28.9 Å². The summed E-state index contributed by atoms with van der Waals surface area (Å²) in [4.78, 5) is 5.23. The van der Waals surface area contributed by atoms with Gasteiger partial charge in [-0.05, 0) is 69.6 Å². The largest absolute Gasteiger partial charge is 0.493 e. The first-order chi connectivity index (χ1) is 14.2. The van der Waals surface area contributed by atoms with Gasteiger partial charge in [-0.25, -0.2) is 0 Å². The molecule has 4 nitrogen and oxygen atoms in total. The van der Waals surface area contributed by atoms with Crippen LogP contribution >= 0.6 is 23.2 Å². The second kappa shape index (κ2) is 14.6. The average molecular weight is 458 g/mol. The third kappa shape index (κ3) is 10.6. The summed E-state index contributed by atoms with van der Waals surface area (Å²) in [6.45, 7) is 14.3. The first-order valence-corrected chi connectivity index (χ1v) is 11.6. The number of hydrogen-bond donors (Lipinski definition) is 0. The van der Waals surface area contributed by atoms with E-state index in [4.69, 9.17) is 37.5 Å². The SMILES string of the molecule is CC(C)=NOCCCCCCOc1c(C(C)C)cc(OCC=C(Cl)Cl)cc1C(C)C. The summed E-state index contributed by atoms with van der Waals surface area (Å²) in [5.41, 5.74) is 3.28. The summed E-state index contributed by atoms with van der Waals surface area (Å²) in [5.74, 6) is 2.46. The van der Waals surface area contributed by atoms with Gasteiger partial charge in [0.15, 0.2) is 0 Å². The van der Waals surface area contributed by atoms with Crippen molar-refractivity contribution in [3.63, 3.8) is 0 Å². The number of rotatable bonds is 14. The van der Waals surface area contributed by atoms with E-state index in [1.165, 1.54) is 11.1 Å². The molecule has 0 aliphatic carbocycles. The molecule has 0 aliphatic heterocycles. The van der Waals surface area contributed by atoms with E-state index in [1.807, 2.05) is 13.8 Å². The highest BCUT2D eigenvalue weighted by atomic mass is 35.5. The van der Waals surface area contributed by atoms with Crippen molar-refractivity contribution in [3.8, 4) is 11.5 Å². The maximum absolute atomic E-state index is 6.28. The minimum absolute atomic E-state index is 0.211. The van der Waals surface area contributed by atoms with E-state index < -0.39 is 0 Å². The fourth-order valence-corrected chi connectivity index (χ4v) is 3.05. The van der Waals surface area contributed by atoms with Gasteiger partial charge < -0.3 is 14.3 Å². The molecule has 0 amide bonds. The molecule has 0 aliphatic rings. The van der Waals surface area contributed by atoms with E-state index >= 15 is 0 Å². The normalized spacial score (nSPS) is 10.9. The lowest BCUT2D eigenvalue weighted by Gasteiger charge is -2.22. The van der Waals surface area contributed by atoms with Crippen LogP contribution in [0.3, 0.4) is 0 Å². The fraction of sp³-hybridized carbons (Fsp3) is 0.625. The molecular weight excluding hydrogens is 421 g/mol. The zero-order valence-electron chi connectivity index (χ0n) is 19.3. The van der Waals surface area contributed by atoms with Gasteiger partial charge in [-0.2, -0.15) is 0 Å². The predicted octanol–water partition coefficient (Wildman–Crippen LogP) is 7.98. The van der Waals surface area contributed by atoms with Crippen LogP contribution in [0, 0.1) is 0 Å². The first-order valence-electron chi connectivity index (χ1n) is 10.8. The molecule has 170 valence electrons. The van der Waals surface area contributed by atoms with Gasteiger partial charge in [-0.15, -0.1) is 0 Å². The molecule has 0 heterocycles. The maximum atomic E-state index is 6.28. The first kappa shape index (κ1) is 26.6. The summed E-state index contributed by atoms with van der Waals surface area (Å²) in [5, 5.41) is 3.95. The van der Waals surface area contributed by atoms with Crippen molar-refractivity contribution in [3.05, 3.63) is 33.8 Å². The molecule has 0 fully saturated rings. The third-order valence-corrected chi connectivity index (χ3v) is 4.78. The monoisotopic (exact) mass is 457 g/mol. The van der Waals surface area contributed by atoms with Crippen LogP contribution < -0.4 is 9.47 Å². The molecule has 1 rings (SSSR count). The molecular formula is C24H37Cl2NO3. The van der Waals surface area contributed by atoms with Gasteiger partial charge in [-0.1, -0.05) is 56.1 Å². The van der Waals surface area contributed by atoms with Crippen LogP contribution in [0.5, 0.6) is 11.5 Å². The quantitative estimate of drug-likeness (QED) is 0.161. The Bertz CT molecular complexity index is 663. The van der Waals surface area contributed by atoms with Gasteiger partial charge in [0.1, 0.15) is 29.2 Å². The highest BCUT2D eigenvalue weighted by Crippen LogP contribution is 2.38. The Labute approximate surface area is 192 Å². The number of oxime groups is 1. The van der Waals surface area contributed by atoms with Crippen molar-refractivity contribution < 1.29 is 14.3 Å². The lowest BCUT2D eigenvalue weighted by atomic mass is 9.93. The fourth-order valence-electron chi connectivity index (χ4n) is 2.93. The van der Waals surface area contributed by atoms with Gasteiger partial charge in [0.25, 0.3) is 0 Å². The summed E-state index contributed by atoms with van der Waals surface area (Å²) in [6, 6.07) is 4.13. The van der Waals surface area contributed by atoms with E-state index in [0.717, 1.165) is 42.9 Å². The van der Waals surface area contributed by atoms with Crippen LogP contribution in [0.15, 0.2) is 27.9 Å². The Morgan fingerprint density at radius 3 is 1.97 bits per heavy atom. The molecule has 0 bridgehead atoms. The lowest BCUT2D eigenvalue weighted by molar-refractivity contribution is 0.139. The van der Waals surface area contributed by atoms with E-state index in [2.05, 4.69) is 45.0 Å². The standard InChI is InChI=1S/C24H37Cl2NO3/c1-17(2)21-15-20(28-14-11-23(25)26)16-22(18(3)4)24(21)29-12-9-7-8-10-13-30-27-19(5)6/h11,15-18H,7-10,12-14H2,1-6H3. The molecule has 1 aromatic rings. The van der Waals surface area contributed by atoms with E-state index in [-0.39, 0.29) is 4.49 Å². The van der Waals surface area contributed by atoms with Gasteiger partial charge in [0.05, 0.1) is 12.3 Å². The topological polar surface area (TPSA) is 40.0 Å². The highest BCUT2D eigenvalue weighted by Gasteiger charge is 2.18. The van der Waals surface area contributed by atoms with E-state index in [9.17, 15) is 0 Å². The Morgan fingerprint density at radius 1 is 0.900 bits per heavy atom. The molecule has 1 aromatic carbocycles. The highest BCUT2D eigenvalue weighted by molar-refractivity contribution is 6.55. The van der Waals surface area contributed by atoms with E-state index in [1.54, 1.807) is 6.08 Å². The molecule has 0 N–H and O–H groups in total. The second-order valence-electron chi connectivity index (χ2n) is 8.18. The van der Waals surface area contributed by atoms with Crippen molar-refractivity contribution in [2.75, 3.05) is 19.8 Å². The number of benzene rings is 1. The average Bonchev–Trinajstić information content (AvgIpc) is 2.66. The molecule has 0 radical (unpaired) electrons. The smallest absolute Gasteiger partial charge is 0.126 e. The lowest BCUT2D eigenvalue weighted by Crippen LogP contribution is -2.07. The molecule has 6 heteroatoms. The van der Waals surface area contributed by atoms with Gasteiger partial charge >= 0.3 is 0 Å². The van der Waals surface area contributed by atoms with Crippen molar-refractivity contribution in [1.82, 2.24) is 0 Å². The number of halogens is 2. The number of nitrogens with zero attached hydrogens (tertiary/aromatic N) is 1. The Kier molecular flexibility index (Phi) is 13.0.